The molecule has 2 amide bonds. The lowest BCUT2D eigenvalue weighted by atomic mass is 10.2. The van der Waals surface area contributed by atoms with E-state index in [0.29, 0.717) is 6.54 Å². The molecule has 1 atom stereocenters. The van der Waals surface area contributed by atoms with E-state index in [0.717, 1.165) is 13.1 Å². The minimum absolute atomic E-state index is 0.00956. The van der Waals surface area contributed by atoms with Gasteiger partial charge in [-0.3, -0.25) is 4.79 Å². The number of nitrogens with zero attached hydrogens (tertiary/aromatic N) is 3. The molecule has 6 nitrogen and oxygen atoms in total. The monoisotopic (exact) mass is 243 g/mol. The Morgan fingerprint density at radius 2 is 2.06 bits per heavy atom. The highest BCUT2D eigenvalue weighted by Gasteiger charge is 2.27. The lowest BCUT2D eigenvalue weighted by Crippen LogP contribution is -2.55. The quantitative estimate of drug-likeness (QED) is 0.766. The normalized spacial score (nSPS) is 21.4. The summed E-state index contributed by atoms with van der Waals surface area (Å²) in [6.45, 7) is 4.70. The van der Waals surface area contributed by atoms with Gasteiger partial charge in [0.1, 0.15) is 0 Å². The number of piperazine rings is 1. The SMILES string of the molecule is CC1CN(C)CCN1C(=O)N(C)CCC(=O)O. The molecule has 98 valence electrons. The summed E-state index contributed by atoms with van der Waals surface area (Å²) >= 11 is 0. The zero-order valence-corrected chi connectivity index (χ0v) is 10.7. The van der Waals surface area contributed by atoms with Crippen molar-refractivity contribution in [2.75, 3.05) is 40.3 Å². The zero-order valence-electron chi connectivity index (χ0n) is 10.7. The number of likely N-dealkylation sites (N-methyl/N-ethyl adjacent to an activating group) is 1. The van der Waals surface area contributed by atoms with Crippen molar-refractivity contribution < 1.29 is 14.7 Å². The molecule has 0 saturated carbocycles. The second-order valence-corrected chi connectivity index (χ2v) is 4.65. The molecule has 6 heteroatoms. The number of urea groups is 1. The van der Waals surface area contributed by atoms with Crippen LogP contribution in [0.2, 0.25) is 0 Å². The standard InChI is InChI=1S/C11H21N3O3/c1-9-8-12(2)6-7-14(9)11(17)13(3)5-4-10(15)16/h9H,4-8H2,1-3H3,(H,15,16). The molecule has 0 aromatic heterocycles. The van der Waals surface area contributed by atoms with Crippen LogP contribution in [0.3, 0.4) is 0 Å². The van der Waals surface area contributed by atoms with Gasteiger partial charge in [-0.15, -0.1) is 0 Å². The van der Waals surface area contributed by atoms with Gasteiger partial charge < -0.3 is 19.8 Å². The summed E-state index contributed by atoms with van der Waals surface area (Å²) in [6, 6.07) is 0.0976. The number of hydrogen-bond donors (Lipinski definition) is 1. The molecule has 0 spiro atoms. The van der Waals surface area contributed by atoms with Crippen molar-refractivity contribution in [2.45, 2.75) is 19.4 Å². The van der Waals surface area contributed by atoms with E-state index in [2.05, 4.69) is 4.90 Å². The van der Waals surface area contributed by atoms with Crippen LogP contribution in [0, 0.1) is 0 Å². The number of carbonyl (C=O) groups excluding carboxylic acids is 1. The molecule has 1 saturated heterocycles. The van der Waals surface area contributed by atoms with E-state index in [-0.39, 0.29) is 25.0 Å². The third kappa shape index (κ3) is 3.89. The molecule has 1 rings (SSSR count). The van der Waals surface area contributed by atoms with E-state index in [4.69, 9.17) is 5.11 Å². The van der Waals surface area contributed by atoms with Crippen LogP contribution in [-0.4, -0.2) is 78.1 Å². The average Bonchev–Trinajstić information content (AvgIpc) is 2.25. The number of rotatable bonds is 3. The topological polar surface area (TPSA) is 64.1 Å². The van der Waals surface area contributed by atoms with Crippen LogP contribution in [0.4, 0.5) is 4.79 Å². The lowest BCUT2D eigenvalue weighted by Gasteiger charge is -2.39. The second kappa shape index (κ2) is 5.86. The molecule has 1 aliphatic heterocycles. The van der Waals surface area contributed by atoms with E-state index in [1.807, 2.05) is 18.9 Å². The molecule has 1 N–H and O–H groups in total. The van der Waals surface area contributed by atoms with Crippen molar-refractivity contribution in [2.24, 2.45) is 0 Å². The number of carboxylic acids is 1. The largest absolute Gasteiger partial charge is 0.481 e. The smallest absolute Gasteiger partial charge is 0.320 e. The molecule has 17 heavy (non-hydrogen) atoms. The average molecular weight is 243 g/mol. The predicted molar refractivity (Wildman–Crippen MR) is 63.9 cm³/mol. The Kier molecular flexibility index (Phi) is 4.74. The van der Waals surface area contributed by atoms with Gasteiger partial charge in [0.15, 0.2) is 0 Å². The Balaban J connectivity index is 2.48. The van der Waals surface area contributed by atoms with Crippen LogP contribution in [0.25, 0.3) is 0 Å². The fourth-order valence-corrected chi connectivity index (χ4v) is 2.00. The highest BCUT2D eigenvalue weighted by Crippen LogP contribution is 2.10. The van der Waals surface area contributed by atoms with E-state index >= 15 is 0 Å². The van der Waals surface area contributed by atoms with Gasteiger partial charge in [0.05, 0.1) is 6.42 Å². The van der Waals surface area contributed by atoms with Gasteiger partial charge in [0.2, 0.25) is 0 Å². The maximum absolute atomic E-state index is 12.1. The van der Waals surface area contributed by atoms with Crippen LogP contribution < -0.4 is 0 Å². The third-order valence-corrected chi connectivity index (χ3v) is 3.06. The first-order valence-corrected chi connectivity index (χ1v) is 5.84. The first kappa shape index (κ1) is 13.8. The van der Waals surface area contributed by atoms with Crippen LogP contribution in [0.15, 0.2) is 0 Å². The highest BCUT2D eigenvalue weighted by molar-refractivity contribution is 5.75. The molecule has 1 unspecified atom stereocenters. The highest BCUT2D eigenvalue weighted by atomic mass is 16.4. The molecule has 0 aromatic carbocycles. The van der Waals surface area contributed by atoms with Gasteiger partial charge in [-0.25, -0.2) is 4.79 Å². The van der Waals surface area contributed by atoms with E-state index in [1.54, 1.807) is 7.05 Å². The summed E-state index contributed by atoms with van der Waals surface area (Å²) in [5.41, 5.74) is 0. The van der Waals surface area contributed by atoms with Crippen LogP contribution in [0.1, 0.15) is 13.3 Å². The van der Waals surface area contributed by atoms with Crippen molar-refractivity contribution >= 4 is 12.0 Å². The number of carboxylic acid groups (broad SMARTS) is 1. The summed E-state index contributed by atoms with van der Waals surface area (Å²) in [7, 11) is 3.68. The van der Waals surface area contributed by atoms with Crippen molar-refractivity contribution in [3.8, 4) is 0 Å². The maximum Gasteiger partial charge on any atom is 0.320 e. The Morgan fingerprint density at radius 1 is 1.41 bits per heavy atom. The number of hydrogen-bond acceptors (Lipinski definition) is 3. The van der Waals surface area contributed by atoms with Gasteiger partial charge in [-0.2, -0.15) is 0 Å². The summed E-state index contributed by atoms with van der Waals surface area (Å²) in [6.07, 6.45) is -0.00956. The van der Waals surface area contributed by atoms with Crippen molar-refractivity contribution in [3.63, 3.8) is 0 Å². The van der Waals surface area contributed by atoms with Gasteiger partial charge in [-0.1, -0.05) is 0 Å². The van der Waals surface area contributed by atoms with Gasteiger partial charge in [-0.05, 0) is 14.0 Å². The van der Waals surface area contributed by atoms with E-state index in [1.165, 1.54) is 4.90 Å². The van der Waals surface area contributed by atoms with Crippen molar-refractivity contribution in [1.29, 1.82) is 0 Å². The Morgan fingerprint density at radius 3 is 2.59 bits per heavy atom. The third-order valence-electron chi connectivity index (χ3n) is 3.06. The molecule has 1 aliphatic rings. The molecule has 0 aliphatic carbocycles. The van der Waals surface area contributed by atoms with E-state index < -0.39 is 5.97 Å². The molecule has 0 aromatic rings. The molecular formula is C11H21N3O3. The lowest BCUT2D eigenvalue weighted by molar-refractivity contribution is -0.137. The van der Waals surface area contributed by atoms with E-state index in [9.17, 15) is 9.59 Å². The molecule has 0 bridgehead atoms. The Labute approximate surface area is 102 Å². The number of amides is 2. The Bertz CT molecular complexity index is 296. The van der Waals surface area contributed by atoms with Crippen LogP contribution in [0.5, 0.6) is 0 Å². The fraction of sp³-hybridized carbons (Fsp3) is 0.818. The summed E-state index contributed by atoms with van der Waals surface area (Å²) in [5, 5.41) is 8.58. The van der Waals surface area contributed by atoms with Crippen LogP contribution >= 0.6 is 0 Å². The van der Waals surface area contributed by atoms with Gasteiger partial charge in [0, 0.05) is 39.3 Å². The number of carbonyl (C=O) groups is 2. The Hall–Kier alpha value is -1.30. The predicted octanol–water partition coefficient (Wildman–Crippen LogP) is 0.149. The summed E-state index contributed by atoms with van der Waals surface area (Å²) < 4.78 is 0. The summed E-state index contributed by atoms with van der Waals surface area (Å²) in [5.74, 6) is -0.879. The zero-order chi connectivity index (χ0) is 13.0. The van der Waals surface area contributed by atoms with Crippen molar-refractivity contribution in [1.82, 2.24) is 14.7 Å². The second-order valence-electron chi connectivity index (χ2n) is 4.65. The van der Waals surface area contributed by atoms with Gasteiger partial charge >= 0.3 is 12.0 Å². The minimum Gasteiger partial charge on any atom is -0.481 e. The molecule has 1 fully saturated rings. The van der Waals surface area contributed by atoms with Crippen molar-refractivity contribution in [3.05, 3.63) is 0 Å². The van der Waals surface area contributed by atoms with Gasteiger partial charge in [0.25, 0.3) is 0 Å². The minimum atomic E-state index is -0.879. The number of aliphatic carboxylic acids is 1. The summed E-state index contributed by atoms with van der Waals surface area (Å²) in [4.78, 5) is 28.0. The first-order valence-electron chi connectivity index (χ1n) is 5.84. The first-order chi connectivity index (χ1) is 7.91. The molecule has 1 heterocycles. The molecular weight excluding hydrogens is 222 g/mol. The maximum atomic E-state index is 12.1. The fourth-order valence-electron chi connectivity index (χ4n) is 2.00. The molecule has 0 radical (unpaired) electrons. The van der Waals surface area contributed by atoms with Crippen LogP contribution in [-0.2, 0) is 4.79 Å².